The summed E-state index contributed by atoms with van der Waals surface area (Å²) in [7, 11) is 0. The number of aromatic carboxylic acids is 1. The van der Waals surface area contributed by atoms with Crippen molar-refractivity contribution in [2.75, 3.05) is 6.54 Å². The van der Waals surface area contributed by atoms with E-state index in [1.165, 1.54) is 4.68 Å². The molecular formula is C12H12Cl2N4O2. The minimum Gasteiger partial charge on any atom is -0.476 e. The van der Waals surface area contributed by atoms with Crippen molar-refractivity contribution in [2.24, 2.45) is 5.73 Å². The van der Waals surface area contributed by atoms with Gasteiger partial charge in [0.2, 0.25) is 0 Å². The van der Waals surface area contributed by atoms with Crippen LogP contribution in [0.25, 0.3) is 0 Å². The highest BCUT2D eigenvalue weighted by molar-refractivity contribution is 6.33. The first kappa shape index (κ1) is 14.8. The van der Waals surface area contributed by atoms with E-state index in [0.717, 1.165) is 5.56 Å². The van der Waals surface area contributed by atoms with Crippen molar-refractivity contribution in [3.05, 3.63) is 45.2 Å². The summed E-state index contributed by atoms with van der Waals surface area (Å²) in [4.78, 5) is 11.1. The highest BCUT2D eigenvalue weighted by Gasteiger charge is 2.18. The van der Waals surface area contributed by atoms with Gasteiger partial charge in [-0.25, -0.2) is 9.48 Å². The molecule has 0 saturated heterocycles. The molecule has 2 rings (SSSR count). The van der Waals surface area contributed by atoms with E-state index < -0.39 is 5.97 Å². The van der Waals surface area contributed by atoms with Gasteiger partial charge >= 0.3 is 5.97 Å². The van der Waals surface area contributed by atoms with Crippen molar-refractivity contribution < 1.29 is 9.90 Å². The third kappa shape index (κ3) is 3.09. The lowest BCUT2D eigenvalue weighted by Gasteiger charge is -2.08. The summed E-state index contributed by atoms with van der Waals surface area (Å²) in [6, 6.07) is 5.06. The van der Waals surface area contributed by atoms with Gasteiger partial charge in [-0.15, -0.1) is 5.10 Å². The Bertz CT molecular complexity index is 642. The molecule has 106 valence electrons. The van der Waals surface area contributed by atoms with Gasteiger partial charge in [-0.05, 0) is 30.3 Å². The minimum atomic E-state index is -1.13. The Labute approximate surface area is 125 Å². The van der Waals surface area contributed by atoms with Gasteiger partial charge in [-0.3, -0.25) is 0 Å². The summed E-state index contributed by atoms with van der Waals surface area (Å²) >= 11 is 12.0. The van der Waals surface area contributed by atoms with E-state index in [4.69, 9.17) is 34.0 Å². The molecule has 0 fully saturated rings. The number of rotatable bonds is 5. The van der Waals surface area contributed by atoms with Crippen molar-refractivity contribution in [1.29, 1.82) is 0 Å². The number of benzene rings is 1. The summed E-state index contributed by atoms with van der Waals surface area (Å²) in [5, 5.41) is 17.7. The normalized spacial score (nSPS) is 10.8. The predicted molar refractivity (Wildman–Crippen MR) is 75.3 cm³/mol. The molecule has 1 aromatic heterocycles. The van der Waals surface area contributed by atoms with Crippen LogP contribution in [0.4, 0.5) is 0 Å². The lowest BCUT2D eigenvalue weighted by Crippen LogP contribution is -2.14. The Kier molecular flexibility index (Phi) is 4.59. The quantitative estimate of drug-likeness (QED) is 0.878. The molecule has 0 amide bonds. The van der Waals surface area contributed by atoms with Gasteiger partial charge in [-0.2, -0.15) is 0 Å². The third-order valence-corrected chi connectivity index (χ3v) is 3.35. The van der Waals surface area contributed by atoms with Gasteiger partial charge in [0.15, 0.2) is 5.69 Å². The first-order valence-electron chi connectivity index (χ1n) is 5.82. The number of carboxylic acid groups (broad SMARTS) is 1. The van der Waals surface area contributed by atoms with E-state index in [1.807, 2.05) is 0 Å². The van der Waals surface area contributed by atoms with Crippen LogP contribution >= 0.6 is 23.2 Å². The van der Waals surface area contributed by atoms with Gasteiger partial charge in [0.25, 0.3) is 0 Å². The Morgan fingerprint density at radius 2 is 2.15 bits per heavy atom. The number of nitrogens with two attached hydrogens (primary N) is 1. The van der Waals surface area contributed by atoms with Crippen LogP contribution in [-0.2, 0) is 13.0 Å². The molecule has 0 unspecified atom stereocenters. The van der Waals surface area contributed by atoms with Gasteiger partial charge in [-0.1, -0.05) is 28.4 Å². The number of halogens is 2. The van der Waals surface area contributed by atoms with Crippen molar-refractivity contribution >= 4 is 29.2 Å². The van der Waals surface area contributed by atoms with Gasteiger partial charge in [0.1, 0.15) is 0 Å². The third-order valence-electron chi connectivity index (χ3n) is 2.75. The predicted octanol–water partition coefficient (Wildman–Crippen LogP) is 1.83. The van der Waals surface area contributed by atoms with Crippen LogP contribution in [0.2, 0.25) is 10.0 Å². The molecule has 0 spiro atoms. The molecule has 2 aromatic rings. The zero-order valence-electron chi connectivity index (χ0n) is 10.4. The highest BCUT2D eigenvalue weighted by Crippen LogP contribution is 2.22. The Morgan fingerprint density at radius 1 is 1.40 bits per heavy atom. The number of hydrogen-bond acceptors (Lipinski definition) is 4. The SMILES string of the molecule is NCCc1c(C(=O)O)nnn1Cc1cc(Cl)ccc1Cl. The summed E-state index contributed by atoms with van der Waals surface area (Å²) in [6.07, 6.45) is 0.368. The van der Waals surface area contributed by atoms with Crippen LogP contribution in [0.1, 0.15) is 21.7 Å². The first-order valence-corrected chi connectivity index (χ1v) is 6.58. The molecule has 0 atom stereocenters. The largest absolute Gasteiger partial charge is 0.476 e. The van der Waals surface area contributed by atoms with E-state index >= 15 is 0 Å². The van der Waals surface area contributed by atoms with E-state index in [-0.39, 0.29) is 12.2 Å². The highest BCUT2D eigenvalue weighted by atomic mass is 35.5. The number of carbonyl (C=O) groups is 1. The summed E-state index contributed by atoms with van der Waals surface area (Å²) in [6.45, 7) is 0.589. The lowest BCUT2D eigenvalue weighted by atomic mass is 10.2. The molecule has 8 heteroatoms. The second-order valence-electron chi connectivity index (χ2n) is 4.12. The van der Waals surface area contributed by atoms with Crippen LogP contribution in [0.3, 0.4) is 0 Å². The van der Waals surface area contributed by atoms with Crippen molar-refractivity contribution in [1.82, 2.24) is 15.0 Å². The molecule has 0 bridgehead atoms. The Hall–Kier alpha value is -1.63. The fourth-order valence-corrected chi connectivity index (χ4v) is 2.21. The number of aromatic nitrogens is 3. The molecule has 3 N–H and O–H groups in total. The van der Waals surface area contributed by atoms with E-state index in [0.29, 0.717) is 28.7 Å². The molecule has 0 saturated carbocycles. The first-order chi connectivity index (χ1) is 9.52. The van der Waals surface area contributed by atoms with Crippen molar-refractivity contribution in [3.8, 4) is 0 Å². The summed E-state index contributed by atoms with van der Waals surface area (Å²) in [5.41, 5.74) is 6.61. The van der Waals surface area contributed by atoms with Crippen LogP contribution in [0.5, 0.6) is 0 Å². The molecular weight excluding hydrogens is 303 g/mol. The van der Waals surface area contributed by atoms with E-state index in [1.54, 1.807) is 18.2 Å². The van der Waals surface area contributed by atoms with Crippen LogP contribution in [0.15, 0.2) is 18.2 Å². The average molecular weight is 315 g/mol. The Balaban J connectivity index is 2.38. The average Bonchev–Trinajstić information content (AvgIpc) is 2.78. The molecule has 6 nitrogen and oxygen atoms in total. The molecule has 1 aromatic carbocycles. The molecule has 20 heavy (non-hydrogen) atoms. The van der Waals surface area contributed by atoms with Crippen LogP contribution < -0.4 is 5.73 Å². The molecule has 1 heterocycles. The Morgan fingerprint density at radius 3 is 2.80 bits per heavy atom. The fraction of sp³-hybridized carbons (Fsp3) is 0.250. The lowest BCUT2D eigenvalue weighted by molar-refractivity contribution is 0.0689. The molecule has 0 aliphatic rings. The molecule has 0 aliphatic heterocycles. The van der Waals surface area contributed by atoms with Crippen LogP contribution in [-0.4, -0.2) is 32.6 Å². The standard InChI is InChI=1S/C12H12Cl2N4O2/c13-8-1-2-9(14)7(5-8)6-18-10(3-4-15)11(12(19)20)16-17-18/h1-2,5H,3-4,6,15H2,(H,19,20). The summed E-state index contributed by atoms with van der Waals surface area (Å²) < 4.78 is 1.48. The molecule has 0 aliphatic carbocycles. The zero-order valence-corrected chi connectivity index (χ0v) is 11.9. The zero-order chi connectivity index (χ0) is 14.7. The maximum absolute atomic E-state index is 11.1. The van der Waals surface area contributed by atoms with Crippen molar-refractivity contribution in [3.63, 3.8) is 0 Å². The van der Waals surface area contributed by atoms with Crippen molar-refractivity contribution in [2.45, 2.75) is 13.0 Å². The van der Waals surface area contributed by atoms with Gasteiger partial charge in [0.05, 0.1) is 12.2 Å². The monoisotopic (exact) mass is 314 g/mol. The second-order valence-corrected chi connectivity index (χ2v) is 4.97. The number of carboxylic acids is 1. The van der Waals surface area contributed by atoms with Gasteiger partial charge in [0, 0.05) is 16.5 Å². The topological polar surface area (TPSA) is 94.0 Å². The second kappa shape index (κ2) is 6.21. The number of nitrogens with zero attached hydrogens (tertiary/aromatic N) is 3. The van der Waals surface area contributed by atoms with E-state index in [2.05, 4.69) is 10.3 Å². The van der Waals surface area contributed by atoms with Gasteiger partial charge < -0.3 is 10.8 Å². The maximum atomic E-state index is 11.1. The molecule has 0 radical (unpaired) electrons. The maximum Gasteiger partial charge on any atom is 0.358 e. The summed E-state index contributed by atoms with van der Waals surface area (Å²) in [5.74, 6) is -1.13. The van der Waals surface area contributed by atoms with Crippen LogP contribution in [0, 0.1) is 0 Å². The minimum absolute atomic E-state index is 0.0893. The smallest absolute Gasteiger partial charge is 0.358 e. The number of hydrogen-bond donors (Lipinski definition) is 2. The van der Waals surface area contributed by atoms with E-state index in [9.17, 15) is 4.79 Å². The fourth-order valence-electron chi connectivity index (χ4n) is 1.84.